The van der Waals surface area contributed by atoms with Gasteiger partial charge in [0.25, 0.3) is 5.91 Å². The van der Waals surface area contributed by atoms with Gasteiger partial charge >= 0.3 is 0 Å². The Morgan fingerprint density at radius 1 is 0.878 bits per heavy atom. The summed E-state index contributed by atoms with van der Waals surface area (Å²) in [6, 6.07) is 20.6. The maximum atomic E-state index is 13.6. The van der Waals surface area contributed by atoms with Crippen LogP contribution in [-0.4, -0.2) is 72.2 Å². The minimum atomic E-state index is -0.679. The van der Waals surface area contributed by atoms with Crippen LogP contribution in [0.4, 0.5) is 0 Å². The first kappa shape index (κ1) is 29.5. The van der Waals surface area contributed by atoms with E-state index in [9.17, 15) is 19.2 Å². The van der Waals surface area contributed by atoms with Crippen LogP contribution < -0.4 is 10.6 Å². The summed E-state index contributed by atoms with van der Waals surface area (Å²) < 4.78 is 0. The molecule has 8 heteroatoms. The van der Waals surface area contributed by atoms with Crippen LogP contribution in [0.15, 0.2) is 79.4 Å². The molecule has 1 aliphatic rings. The van der Waals surface area contributed by atoms with Gasteiger partial charge in [0.1, 0.15) is 6.04 Å². The van der Waals surface area contributed by atoms with E-state index >= 15 is 0 Å². The molecule has 41 heavy (non-hydrogen) atoms. The third-order valence-electron chi connectivity index (χ3n) is 7.55. The highest BCUT2D eigenvalue weighted by Gasteiger charge is 2.30. The summed E-state index contributed by atoms with van der Waals surface area (Å²) in [6.45, 7) is 7.52. The largest absolute Gasteiger partial charge is 0.353 e. The fourth-order valence-electron chi connectivity index (χ4n) is 5.17. The van der Waals surface area contributed by atoms with Gasteiger partial charge in [-0.2, -0.15) is 0 Å². The fraction of sp³-hybridized carbons (Fsp3) is 0.333. The van der Waals surface area contributed by atoms with Gasteiger partial charge in [-0.05, 0) is 60.2 Å². The Kier molecular flexibility index (Phi) is 10.3. The Morgan fingerprint density at radius 3 is 2.32 bits per heavy atom. The average Bonchev–Trinajstić information content (AvgIpc) is 3.00. The molecule has 4 amide bonds. The molecule has 4 rings (SSSR count). The van der Waals surface area contributed by atoms with Crippen LogP contribution in [-0.2, 0) is 20.8 Å². The van der Waals surface area contributed by atoms with E-state index in [0.29, 0.717) is 57.5 Å². The first-order valence-electron chi connectivity index (χ1n) is 14.2. The Bertz CT molecular complexity index is 1410. The maximum Gasteiger partial charge on any atom is 0.254 e. The predicted octanol–water partition coefficient (Wildman–Crippen LogP) is 3.63. The quantitative estimate of drug-likeness (QED) is 0.279. The molecule has 8 nitrogen and oxygen atoms in total. The van der Waals surface area contributed by atoms with Crippen molar-refractivity contribution in [3.8, 4) is 0 Å². The van der Waals surface area contributed by atoms with Crippen molar-refractivity contribution in [2.24, 2.45) is 0 Å². The van der Waals surface area contributed by atoms with Gasteiger partial charge in [-0.15, -0.1) is 0 Å². The van der Waals surface area contributed by atoms with E-state index in [2.05, 4.69) is 17.2 Å². The van der Waals surface area contributed by atoms with Crippen molar-refractivity contribution in [1.82, 2.24) is 20.4 Å². The van der Waals surface area contributed by atoms with Gasteiger partial charge in [0.2, 0.25) is 17.7 Å². The van der Waals surface area contributed by atoms with Gasteiger partial charge in [-0.25, -0.2) is 0 Å². The smallest absolute Gasteiger partial charge is 0.254 e. The van der Waals surface area contributed by atoms with Gasteiger partial charge < -0.3 is 20.4 Å². The van der Waals surface area contributed by atoms with Crippen LogP contribution in [0.3, 0.4) is 0 Å². The SMILES string of the molecule is C=CC(=O)NCCCC[C@H](NC(=O)Cc1ccccc1C)C(=O)N1CCN(C(=O)c2cccc3ccccc23)CC1. The highest BCUT2D eigenvalue weighted by atomic mass is 16.2. The van der Waals surface area contributed by atoms with E-state index in [-0.39, 0.29) is 30.0 Å². The first-order valence-corrected chi connectivity index (χ1v) is 14.2. The monoisotopic (exact) mass is 554 g/mol. The van der Waals surface area contributed by atoms with Crippen molar-refractivity contribution in [2.45, 2.75) is 38.6 Å². The minimum Gasteiger partial charge on any atom is -0.353 e. The van der Waals surface area contributed by atoms with Crippen molar-refractivity contribution in [3.63, 3.8) is 0 Å². The summed E-state index contributed by atoms with van der Waals surface area (Å²) in [7, 11) is 0. The van der Waals surface area contributed by atoms with Crippen molar-refractivity contribution in [1.29, 1.82) is 0 Å². The minimum absolute atomic E-state index is 0.0430. The number of piperazine rings is 1. The molecule has 1 atom stereocenters. The third-order valence-corrected chi connectivity index (χ3v) is 7.55. The number of nitrogens with one attached hydrogen (secondary N) is 2. The van der Waals surface area contributed by atoms with Crippen molar-refractivity contribution in [3.05, 3.63) is 96.1 Å². The summed E-state index contributed by atoms with van der Waals surface area (Å²) in [5.41, 5.74) is 2.60. The molecule has 2 N–H and O–H groups in total. The van der Waals surface area contributed by atoms with E-state index in [0.717, 1.165) is 21.9 Å². The molecule has 0 spiro atoms. The van der Waals surface area contributed by atoms with E-state index in [1.165, 1.54) is 6.08 Å². The zero-order valence-electron chi connectivity index (χ0n) is 23.6. The third kappa shape index (κ3) is 7.81. The van der Waals surface area contributed by atoms with E-state index in [1.54, 1.807) is 9.80 Å². The number of aryl methyl sites for hydroxylation is 1. The fourth-order valence-corrected chi connectivity index (χ4v) is 5.17. The second kappa shape index (κ2) is 14.3. The highest BCUT2D eigenvalue weighted by molar-refractivity contribution is 6.07. The lowest BCUT2D eigenvalue weighted by Gasteiger charge is -2.36. The van der Waals surface area contributed by atoms with Crippen molar-refractivity contribution >= 4 is 34.4 Å². The standard InChI is InChI=1S/C33H38N4O4/c1-3-30(38)34-18-9-8-17-29(35-31(39)23-26-13-5-4-11-24(26)2)33(41)37-21-19-36(20-22-37)32(40)28-16-10-14-25-12-6-7-15-27(25)28/h3-7,10-16,29H,1,8-9,17-23H2,2H3,(H,34,38)(H,35,39)/t29-/m0/s1. The topological polar surface area (TPSA) is 98.8 Å². The number of fused-ring (bicyclic) bond motifs is 1. The number of carbonyl (C=O) groups excluding carboxylic acids is 4. The molecule has 0 aromatic heterocycles. The van der Waals surface area contributed by atoms with Crippen LogP contribution in [0.2, 0.25) is 0 Å². The van der Waals surface area contributed by atoms with E-state index < -0.39 is 6.04 Å². The van der Waals surface area contributed by atoms with Gasteiger partial charge in [0, 0.05) is 38.3 Å². The number of carbonyl (C=O) groups is 4. The summed E-state index contributed by atoms with van der Waals surface area (Å²) >= 11 is 0. The van der Waals surface area contributed by atoms with Crippen molar-refractivity contribution in [2.75, 3.05) is 32.7 Å². The predicted molar refractivity (Wildman–Crippen MR) is 160 cm³/mol. The van der Waals surface area contributed by atoms with Gasteiger partial charge in [0.05, 0.1) is 6.42 Å². The second-order valence-electron chi connectivity index (χ2n) is 10.4. The zero-order valence-corrected chi connectivity index (χ0v) is 23.6. The summed E-state index contributed by atoms with van der Waals surface area (Å²) in [6.07, 6.45) is 3.20. The lowest BCUT2D eigenvalue weighted by atomic mass is 10.0. The number of hydrogen-bond donors (Lipinski definition) is 2. The Balaban J connectivity index is 1.38. The first-order chi connectivity index (χ1) is 19.9. The number of benzene rings is 3. The van der Waals surface area contributed by atoms with Gasteiger partial charge in [-0.1, -0.05) is 67.2 Å². The van der Waals surface area contributed by atoms with Crippen LogP contribution >= 0.6 is 0 Å². The molecule has 0 saturated carbocycles. The maximum absolute atomic E-state index is 13.6. The molecule has 0 bridgehead atoms. The molecule has 1 aliphatic heterocycles. The molecule has 1 saturated heterocycles. The highest BCUT2D eigenvalue weighted by Crippen LogP contribution is 2.21. The molecule has 0 aliphatic carbocycles. The number of unbranched alkanes of at least 4 members (excludes halogenated alkanes) is 1. The van der Waals surface area contributed by atoms with Crippen LogP contribution in [0.1, 0.15) is 40.7 Å². The molecular weight excluding hydrogens is 516 g/mol. The molecule has 0 unspecified atom stereocenters. The van der Waals surface area contributed by atoms with E-state index in [4.69, 9.17) is 0 Å². The number of rotatable bonds is 11. The Hall–Kier alpha value is -4.46. The van der Waals surface area contributed by atoms with Crippen LogP contribution in [0.25, 0.3) is 10.8 Å². The molecule has 3 aromatic carbocycles. The van der Waals surface area contributed by atoms with Crippen LogP contribution in [0.5, 0.6) is 0 Å². The molecular formula is C33H38N4O4. The Morgan fingerprint density at radius 2 is 1.56 bits per heavy atom. The number of amides is 4. The van der Waals surface area contributed by atoms with Gasteiger partial charge in [-0.3, -0.25) is 19.2 Å². The number of hydrogen-bond acceptors (Lipinski definition) is 4. The lowest BCUT2D eigenvalue weighted by Crippen LogP contribution is -2.56. The molecule has 0 radical (unpaired) electrons. The summed E-state index contributed by atoms with van der Waals surface area (Å²) in [5.74, 6) is -0.628. The summed E-state index contributed by atoms with van der Waals surface area (Å²) in [5, 5.41) is 7.64. The normalized spacial score (nSPS) is 13.9. The molecule has 1 fully saturated rings. The van der Waals surface area contributed by atoms with E-state index in [1.807, 2.05) is 73.7 Å². The summed E-state index contributed by atoms with van der Waals surface area (Å²) in [4.78, 5) is 54.9. The van der Waals surface area contributed by atoms with Crippen molar-refractivity contribution < 1.29 is 19.2 Å². The van der Waals surface area contributed by atoms with Gasteiger partial charge in [0.15, 0.2) is 0 Å². The zero-order chi connectivity index (χ0) is 29.2. The second-order valence-corrected chi connectivity index (χ2v) is 10.4. The number of nitrogens with zero attached hydrogens (tertiary/aromatic N) is 2. The molecule has 3 aromatic rings. The Labute approximate surface area is 241 Å². The average molecular weight is 555 g/mol. The molecule has 214 valence electrons. The molecule has 1 heterocycles. The van der Waals surface area contributed by atoms with Crippen LogP contribution in [0, 0.1) is 6.92 Å². The lowest BCUT2D eigenvalue weighted by molar-refractivity contribution is -0.137.